The quantitative estimate of drug-likeness (QED) is 0.754. The van der Waals surface area contributed by atoms with Crippen molar-refractivity contribution in [2.75, 3.05) is 12.3 Å². The molecule has 2 N–H and O–H groups in total. The van der Waals surface area contributed by atoms with E-state index < -0.39 is 5.97 Å². The van der Waals surface area contributed by atoms with Crippen LogP contribution in [-0.4, -0.2) is 34.5 Å². The number of hydrogen-bond acceptors (Lipinski definition) is 3. The van der Waals surface area contributed by atoms with Gasteiger partial charge in [0.05, 0.1) is 0 Å². The Morgan fingerprint density at radius 2 is 2.00 bits per heavy atom. The minimum absolute atomic E-state index is 0.110. The van der Waals surface area contributed by atoms with Crippen LogP contribution in [-0.2, 0) is 9.59 Å². The second kappa shape index (κ2) is 6.69. The fourth-order valence-electron chi connectivity index (χ4n) is 1.64. The fraction of sp³-hybridized carbons (Fsp3) is 0.667. The summed E-state index contributed by atoms with van der Waals surface area (Å²) in [5.41, 5.74) is 0.400. The molecular weight excluding hydrogens is 238 g/mol. The van der Waals surface area contributed by atoms with Gasteiger partial charge in [0.25, 0.3) is 0 Å². The van der Waals surface area contributed by atoms with E-state index in [0.717, 1.165) is 12.2 Å². The number of aliphatic carboxylic acids is 1. The maximum Gasteiger partial charge on any atom is 0.331 e. The highest BCUT2D eigenvalue weighted by Crippen LogP contribution is 2.24. The van der Waals surface area contributed by atoms with Crippen molar-refractivity contribution in [1.29, 1.82) is 0 Å². The minimum atomic E-state index is -1.04. The highest BCUT2D eigenvalue weighted by molar-refractivity contribution is 7.99. The predicted molar refractivity (Wildman–Crippen MR) is 69.1 cm³/mol. The predicted octanol–water partition coefficient (Wildman–Crippen LogP) is 1.81. The topological polar surface area (TPSA) is 66.4 Å². The molecular formula is C12H19NO3S. The number of carboxylic acid groups (broad SMARTS) is 1. The first-order chi connectivity index (χ1) is 8.02. The molecule has 5 heteroatoms. The van der Waals surface area contributed by atoms with E-state index in [2.05, 4.69) is 5.32 Å². The fourth-order valence-corrected chi connectivity index (χ4v) is 2.88. The summed E-state index contributed by atoms with van der Waals surface area (Å²) in [6.45, 7) is 3.63. The number of rotatable bonds is 4. The van der Waals surface area contributed by atoms with Crippen molar-refractivity contribution < 1.29 is 14.7 Å². The highest BCUT2D eigenvalue weighted by Gasteiger charge is 2.17. The average Bonchev–Trinajstić information content (AvgIpc) is 2.35. The molecule has 0 aromatic rings. The molecule has 17 heavy (non-hydrogen) atoms. The largest absolute Gasteiger partial charge is 0.478 e. The zero-order chi connectivity index (χ0) is 12.8. The number of nitrogens with one attached hydrogen (secondary N) is 1. The minimum Gasteiger partial charge on any atom is -0.478 e. The van der Waals surface area contributed by atoms with Crippen LogP contribution in [0.3, 0.4) is 0 Å². The molecule has 0 aromatic carbocycles. The van der Waals surface area contributed by atoms with Crippen LogP contribution in [0.2, 0.25) is 0 Å². The number of carbonyl (C=O) groups excluding carboxylic acids is 1. The standard InChI is InChI=1S/C12H19NO3S/c1-8(9(2)12(15)16)11(14)13-7-10-5-3-4-6-17-10/h10H,3-7H2,1-2H3,(H,13,14)(H,15,16). The van der Waals surface area contributed by atoms with E-state index >= 15 is 0 Å². The SMILES string of the molecule is CC(C(=O)O)=C(C)C(=O)NCC1CCCCS1. The molecule has 0 bridgehead atoms. The Kier molecular flexibility index (Phi) is 5.55. The molecule has 1 rings (SSSR count). The Labute approximate surface area is 106 Å². The summed E-state index contributed by atoms with van der Waals surface area (Å²) >= 11 is 1.88. The Morgan fingerprint density at radius 1 is 1.29 bits per heavy atom. The van der Waals surface area contributed by atoms with E-state index in [4.69, 9.17) is 5.11 Å². The van der Waals surface area contributed by atoms with Crippen LogP contribution in [0, 0.1) is 0 Å². The van der Waals surface area contributed by atoms with E-state index in [1.54, 1.807) is 6.92 Å². The van der Waals surface area contributed by atoms with Crippen LogP contribution in [0.25, 0.3) is 0 Å². The summed E-state index contributed by atoms with van der Waals surface area (Å²) in [6.07, 6.45) is 3.61. The van der Waals surface area contributed by atoms with E-state index in [-0.39, 0.29) is 11.5 Å². The average molecular weight is 257 g/mol. The third kappa shape index (κ3) is 4.42. The first-order valence-corrected chi connectivity index (χ1v) is 6.88. The van der Waals surface area contributed by atoms with Gasteiger partial charge >= 0.3 is 5.97 Å². The maximum absolute atomic E-state index is 11.7. The molecule has 96 valence electrons. The normalized spacial score (nSPS) is 21.6. The van der Waals surface area contributed by atoms with E-state index in [1.807, 2.05) is 11.8 Å². The first kappa shape index (κ1) is 14.1. The smallest absolute Gasteiger partial charge is 0.331 e. The van der Waals surface area contributed by atoms with Crippen LogP contribution >= 0.6 is 11.8 Å². The highest BCUT2D eigenvalue weighted by atomic mass is 32.2. The van der Waals surface area contributed by atoms with Crippen molar-refractivity contribution in [3.05, 3.63) is 11.1 Å². The lowest BCUT2D eigenvalue weighted by Crippen LogP contribution is -2.33. The Bertz CT molecular complexity index is 333. The Morgan fingerprint density at radius 3 is 2.53 bits per heavy atom. The summed E-state index contributed by atoms with van der Waals surface area (Å²) in [7, 11) is 0. The number of hydrogen-bond donors (Lipinski definition) is 2. The Hall–Kier alpha value is -0.970. The van der Waals surface area contributed by atoms with Gasteiger partial charge in [-0.05, 0) is 32.4 Å². The zero-order valence-electron chi connectivity index (χ0n) is 10.3. The lowest BCUT2D eigenvalue weighted by molar-refractivity contribution is -0.133. The number of thioether (sulfide) groups is 1. The van der Waals surface area contributed by atoms with Gasteiger partial charge in [0, 0.05) is 22.9 Å². The van der Waals surface area contributed by atoms with Crippen molar-refractivity contribution in [2.24, 2.45) is 0 Å². The van der Waals surface area contributed by atoms with Gasteiger partial charge in [0.15, 0.2) is 0 Å². The second-order valence-electron chi connectivity index (χ2n) is 4.25. The van der Waals surface area contributed by atoms with Crippen LogP contribution in [0.1, 0.15) is 33.1 Å². The molecule has 1 fully saturated rings. The van der Waals surface area contributed by atoms with Gasteiger partial charge in [-0.1, -0.05) is 6.42 Å². The van der Waals surface area contributed by atoms with Crippen LogP contribution in [0.5, 0.6) is 0 Å². The van der Waals surface area contributed by atoms with Crippen molar-refractivity contribution in [3.8, 4) is 0 Å². The van der Waals surface area contributed by atoms with E-state index in [9.17, 15) is 9.59 Å². The van der Waals surface area contributed by atoms with Gasteiger partial charge < -0.3 is 10.4 Å². The molecule has 1 unspecified atom stereocenters. The molecule has 1 amide bonds. The third-order valence-electron chi connectivity index (χ3n) is 2.99. The van der Waals surface area contributed by atoms with Crippen molar-refractivity contribution in [3.63, 3.8) is 0 Å². The lowest BCUT2D eigenvalue weighted by Gasteiger charge is -2.21. The van der Waals surface area contributed by atoms with Gasteiger partial charge in [-0.3, -0.25) is 4.79 Å². The summed E-state index contributed by atoms with van der Waals surface area (Å²) in [4.78, 5) is 22.4. The molecule has 0 saturated carbocycles. The Balaban J connectivity index is 2.43. The van der Waals surface area contributed by atoms with Gasteiger partial charge in [-0.2, -0.15) is 11.8 Å². The van der Waals surface area contributed by atoms with Gasteiger partial charge in [0.1, 0.15) is 0 Å². The van der Waals surface area contributed by atoms with Crippen molar-refractivity contribution in [2.45, 2.75) is 38.4 Å². The van der Waals surface area contributed by atoms with Crippen LogP contribution in [0.15, 0.2) is 11.1 Å². The van der Waals surface area contributed by atoms with Crippen LogP contribution < -0.4 is 5.32 Å². The molecule has 1 atom stereocenters. The van der Waals surface area contributed by atoms with Crippen molar-refractivity contribution >= 4 is 23.6 Å². The molecule has 0 aliphatic carbocycles. The molecule has 1 saturated heterocycles. The lowest BCUT2D eigenvalue weighted by atomic mass is 10.1. The number of carboxylic acids is 1. The molecule has 0 radical (unpaired) electrons. The molecule has 0 spiro atoms. The molecule has 4 nitrogen and oxygen atoms in total. The summed E-state index contributed by atoms with van der Waals surface area (Å²) in [5, 5.41) is 12.1. The molecule has 1 heterocycles. The molecule has 1 aliphatic rings. The van der Waals surface area contributed by atoms with Crippen molar-refractivity contribution in [1.82, 2.24) is 5.32 Å². The zero-order valence-corrected chi connectivity index (χ0v) is 11.1. The van der Waals surface area contributed by atoms with E-state index in [1.165, 1.54) is 19.8 Å². The summed E-state index contributed by atoms with van der Waals surface area (Å²) < 4.78 is 0. The van der Waals surface area contributed by atoms with Gasteiger partial charge in [-0.25, -0.2) is 4.79 Å². The molecule has 1 aliphatic heterocycles. The third-order valence-corrected chi connectivity index (χ3v) is 4.39. The summed E-state index contributed by atoms with van der Waals surface area (Å²) in [5.74, 6) is -0.149. The second-order valence-corrected chi connectivity index (χ2v) is 5.66. The van der Waals surface area contributed by atoms with Gasteiger partial charge in [-0.15, -0.1) is 0 Å². The number of amides is 1. The molecule has 0 aromatic heterocycles. The van der Waals surface area contributed by atoms with Crippen LogP contribution in [0.4, 0.5) is 0 Å². The first-order valence-electron chi connectivity index (χ1n) is 5.83. The van der Waals surface area contributed by atoms with E-state index in [0.29, 0.717) is 17.4 Å². The number of carbonyl (C=O) groups is 2. The monoisotopic (exact) mass is 257 g/mol. The summed E-state index contributed by atoms with van der Waals surface area (Å²) in [6, 6.07) is 0. The van der Waals surface area contributed by atoms with Gasteiger partial charge in [0.2, 0.25) is 5.91 Å². The maximum atomic E-state index is 11.7.